The highest BCUT2D eigenvalue weighted by Gasteiger charge is 2.15. The van der Waals surface area contributed by atoms with E-state index in [0.717, 1.165) is 43.6 Å². The van der Waals surface area contributed by atoms with Crippen LogP contribution in [0.2, 0.25) is 0 Å². The summed E-state index contributed by atoms with van der Waals surface area (Å²) in [5, 5.41) is 7.33. The van der Waals surface area contributed by atoms with Gasteiger partial charge in [-0.05, 0) is 18.4 Å². The van der Waals surface area contributed by atoms with Crippen LogP contribution < -0.4 is 5.32 Å². The molecule has 0 aliphatic heterocycles. The summed E-state index contributed by atoms with van der Waals surface area (Å²) < 4.78 is 1.79. The highest BCUT2D eigenvalue weighted by atomic mass is 16.2. The van der Waals surface area contributed by atoms with Crippen LogP contribution in [0.1, 0.15) is 33.1 Å². The molecule has 0 aliphatic rings. The second kappa shape index (κ2) is 8.36. The van der Waals surface area contributed by atoms with Crippen molar-refractivity contribution < 1.29 is 4.79 Å². The summed E-state index contributed by atoms with van der Waals surface area (Å²) in [7, 11) is 1.89. The molecule has 1 aromatic carbocycles. The van der Waals surface area contributed by atoms with Gasteiger partial charge in [-0.15, -0.1) is 0 Å². The molecule has 0 bridgehead atoms. The highest BCUT2D eigenvalue weighted by Crippen LogP contribution is 2.21. The number of carbonyl (C=O) groups is 1. The van der Waals surface area contributed by atoms with Crippen LogP contribution in [-0.4, -0.2) is 33.8 Å². The van der Waals surface area contributed by atoms with Gasteiger partial charge in [0.05, 0.1) is 5.69 Å². The van der Waals surface area contributed by atoms with Crippen LogP contribution in [0.25, 0.3) is 11.3 Å². The van der Waals surface area contributed by atoms with E-state index in [1.54, 1.807) is 4.68 Å². The number of carbonyl (C=O) groups excluding carboxylic acids is 1. The largest absolute Gasteiger partial charge is 0.325 e. The second-order valence-electron chi connectivity index (χ2n) is 5.68. The minimum atomic E-state index is -0.0713. The minimum absolute atomic E-state index is 0.0713. The van der Waals surface area contributed by atoms with Gasteiger partial charge in [0.15, 0.2) is 5.82 Å². The van der Waals surface area contributed by atoms with Crippen LogP contribution in [0.4, 0.5) is 10.6 Å². The molecule has 124 valence electrons. The lowest BCUT2D eigenvalue weighted by Gasteiger charge is -2.21. The summed E-state index contributed by atoms with van der Waals surface area (Å²) in [4.78, 5) is 14.3. The molecular weight excluding hydrogens is 288 g/mol. The van der Waals surface area contributed by atoms with Gasteiger partial charge in [0.1, 0.15) is 0 Å². The van der Waals surface area contributed by atoms with Crippen molar-refractivity contribution in [1.82, 2.24) is 14.7 Å². The molecule has 0 saturated carbocycles. The van der Waals surface area contributed by atoms with Crippen molar-refractivity contribution in [2.45, 2.75) is 33.1 Å². The lowest BCUT2D eigenvalue weighted by molar-refractivity contribution is 0.210. The topological polar surface area (TPSA) is 50.2 Å². The number of nitrogens with one attached hydrogen (secondary N) is 1. The van der Waals surface area contributed by atoms with Crippen LogP contribution in [0.5, 0.6) is 0 Å². The fraction of sp³-hybridized carbons (Fsp3) is 0.444. The summed E-state index contributed by atoms with van der Waals surface area (Å²) in [6.45, 7) is 5.77. The second-order valence-corrected chi connectivity index (χ2v) is 5.68. The third-order valence-corrected chi connectivity index (χ3v) is 3.75. The number of hydrogen-bond donors (Lipinski definition) is 1. The zero-order valence-electron chi connectivity index (χ0n) is 14.2. The highest BCUT2D eigenvalue weighted by molar-refractivity contribution is 5.89. The molecule has 5 nitrogen and oxygen atoms in total. The van der Waals surface area contributed by atoms with Crippen molar-refractivity contribution in [2.24, 2.45) is 7.05 Å². The monoisotopic (exact) mass is 314 g/mol. The van der Waals surface area contributed by atoms with Gasteiger partial charge in [-0.2, -0.15) is 5.10 Å². The molecule has 5 heteroatoms. The number of anilines is 1. The smallest absolute Gasteiger partial charge is 0.323 e. The Labute approximate surface area is 138 Å². The molecule has 0 aliphatic carbocycles. The minimum Gasteiger partial charge on any atom is -0.325 e. The lowest BCUT2D eigenvalue weighted by Crippen LogP contribution is -2.36. The molecule has 1 heterocycles. The number of nitrogens with zero attached hydrogens (tertiary/aromatic N) is 3. The third kappa shape index (κ3) is 4.58. The van der Waals surface area contributed by atoms with Crippen LogP contribution in [0.3, 0.4) is 0 Å². The first kappa shape index (κ1) is 17.1. The van der Waals surface area contributed by atoms with E-state index in [0.29, 0.717) is 5.82 Å². The van der Waals surface area contributed by atoms with Gasteiger partial charge in [-0.25, -0.2) is 4.79 Å². The fourth-order valence-electron chi connectivity index (χ4n) is 2.53. The van der Waals surface area contributed by atoms with Crippen molar-refractivity contribution in [3.63, 3.8) is 0 Å². The first-order chi connectivity index (χ1) is 11.2. The van der Waals surface area contributed by atoms with Gasteiger partial charge in [-0.3, -0.25) is 10.00 Å². The number of amides is 2. The van der Waals surface area contributed by atoms with Gasteiger partial charge < -0.3 is 4.90 Å². The fourth-order valence-corrected chi connectivity index (χ4v) is 2.53. The average Bonchev–Trinajstić information content (AvgIpc) is 2.92. The Hall–Kier alpha value is -2.30. The standard InChI is InChI=1S/C18H26N4O/c1-4-6-13-22(12-5-2)18(23)19-17-14-16(21(3)20-17)15-10-8-7-9-11-15/h7-11,14H,4-6,12-13H2,1-3H3,(H,19,20,23). The molecule has 23 heavy (non-hydrogen) atoms. The van der Waals surface area contributed by atoms with Crippen molar-refractivity contribution in [2.75, 3.05) is 18.4 Å². The number of unbranched alkanes of at least 4 members (excludes halogenated alkanes) is 1. The lowest BCUT2D eigenvalue weighted by atomic mass is 10.1. The zero-order valence-corrected chi connectivity index (χ0v) is 14.2. The van der Waals surface area contributed by atoms with Gasteiger partial charge in [0.25, 0.3) is 0 Å². The molecule has 0 fully saturated rings. The molecule has 2 aromatic rings. The first-order valence-electron chi connectivity index (χ1n) is 8.31. The number of hydrogen-bond acceptors (Lipinski definition) is 2. The van der Waals surface area contributed by atoms with E-state index in [2.05, 4.69) is 24.3 Å². The van der Waals surface area contributed by atoms with Crippen molar-refractivity contribution in [3.05, 3.63) is 36.4 Å². The Kier molecular flexibility index (Phi) is 6.20. The molecule has 0 radical (unpaired) electrons. The Bertz CT molecular complexity index is 621. The normalized spacial score (nSPS) is 10.6. The number of aromatic nitrogens is 2. The summed E-state index contributed by atoms with van der Waals surface area (Å²) in [6, 6.07) is 11.9. The van der Waals surface area contributed by atoms with Crippen LogP contribution in [0.15, 0.2) is 36.4 Å². The Morgan fingerprint density at radius 2 is 1.91 bits per heavy atom. The van der Waals surface area contributed by atoms with E-state index in [1.165, 1.54) is 0 Å². The zero-order chi connectivity index (χ0) is 16.7. The Morgan fingerprint density at radius 3 is 2.57 bits per heavy atom. The molecule has 1 N–H and O–H groups in total. The number of rotatable bonds is 7. The van der Waals surface area contributed by atoms with E-state index in [-0.39, 0.29) is 6.03 Å². The van der Waals surface area contributed by atoms with Gasteiger partial charge in [-0.1, -0.05) is 50.6 Å². The summed E-state index contributed by atoms with van der Waals surface area (Å²) >= 11 is 0. The predicted molar refractivity (Wildman–Crippen MR) is 94.4 cm³/mol. The molecular formula is C18H26N4O. The SMILES string of the molecule is CCCCN(CCC)C(=O)Nc1cc(-c2ccccc2)n(C)n1. The Balaban J connectivity index is 2.09. The molecule has 0 saturated heterocycles. The van der Waals surface area contributed by atoms with Crippen molar-refractivity contribution in [3.8, 4) is 11.3 Å². The van der Waals surface area contributed by atoms with Crippen molar-refractivity contribution >= 4 is 11.8 Å². The molecule has 1 aromatic heterocycles. The van der Waals surface area contributed by atoms with Gasteiger partial charge >= 0.3 is 6.03 Å². The number of urea groups is 1. The maximum atomic E-state index is 12.4. The maximum Gasteiger partial charge on any atom is 0.323 e. The summed E-state index contributed by atoms with van der Waals surface area (Å²) in [5.74, 6) is 0.592. The van der Waals surface area contributed by atoms with E-state index in [4.69, 9.17) is 0 Å². The van der Waals surface area contributed by atoms with Crippen molar-refractivity contribution in [1.29, 1.82) is 0 Å². The van der Waals surface area contributed by atoms with E-state index in [1.807, 2.05) is 48.3 Å². The number of aryl methyl sites for hydroxylation is 1. The molecule has 2 rings (SSSR count). The van der Waals surface area contributed by atoms with Crippen LogP contribution in [-0.2, 0) is 7.05 Å². The van der Waals surface area contributed by atoms with E-state index in [9.17, 15) is 4.79 Å². The summed E-state index contributed by atoms with van der Waals surface area (Å²) in [5.41, 5.74) is 2.07. The number of benzene rings is 1. The molecule has 2 amide bonds. The van der Waals surface area contributed by atoms with Gasteiger partial charge in [0, 0.05) is 26.2 Å². The quantitative estimate of drug-likeness (QED) is 0.835. The predicted octanol–water partition coefficient (Wildman–Crippen LogP) is 4.13. The molecule has 0 spiro atoms. The van der Waals surface area contributed by atoms with E-state index >= 15 is 0 Å². The molecule has 0 unspecified atom stereocenters. The van der Waals surface area contributed by atoms with Crippen LogP contribution in [0, 0.1) is 0 Å². The van der Waals surface area contributed by atoms with E-state index < -0.39 is 0 Å². The summed E-state index contributed by atoms with van der Waals surface area (Å²) in [6.07, 6.45) is 3.05. The van der Waals surface area contributed by atoms with Crippen LogP contribution >= 0.6 is 0 Å². The maximum absolute atomic E-state index is 12.4. The third-order valence-electron chi connectivity index (χ3n) is 3.75. The molecule has 0 atom stereocenters. The van der Waals surface area contributed by atoms with Gasteiger partial charge in [0.2, 0.25) is 0 Å². The Morgan fingerprint density at radius 1 is 1.17 bits per heavy atom. The average molecular weight is 314 g/mol. The first-order valence-corrected chi connectivity index (χ1v) is 8.31.